The summed E-state index contributed by atoms with van der Waals surface area (Å²) in [7, 11) is 0. The molecule has 0 aromatic rings. The molecule has 22 heavy (non-hydrogen) atoms. The van der Waals surface area contributed by atoms with Crippen LogP contribution in [0.2, 0.25) is 0 Å². The number of nitrogens with zero attached hydrogens (tertiary/aromatic N) is 2. The molecule has 1 amide bonds. The molecule has 0 bridgehead atoms. The van der Waals surface area contributed by atoms with Crippen molar-refractivity contribution in [3.63, 3.8) is 0 Å². The fourth-order valence-electron chi connectivity index (χ4n) is 2.65. The second-order valence-corrected chi connectivity index (χ2v) is 7.24. The van der Waals surface area contributed by atoms with Crippen molar-refractivity contribution >= 4 is 12.1 Å². The number of aliphatic carboxylic acids is 1. The van der Waals surface area contributed by atoms with E-state index in [4.69, 9.17) is 9.84 Å². The minimum atomic E-state index is -0.840. The number of carbonyl (C=O) groups is 2. The average Bonchev–Trinajstić information content (AvgIpc) is 2.35. The summed E-state index contributed by atoms with van der Waals surface area (Å²) in [5.41, 5.74) is -0.516. The smallest absolute Gasteiger partial charge is 0.410 e. The first-order valence-electron chi connectivity index (χ1n) is 8.05. The maximum atomic E-state index is 12.4. The molecule has 6 nitrogen and oxygen atoms in total. The van der Waals surface area contributed by atoms with Gasteiger partial charge in [0.05, 0.1) is 6.54 Å². The third-order valence-electron chi connectivity index (χ3n) is 3.77. The summed E-state index contributed by atoms with van der Waals surface area (Å²) in [6, 6.07) is 0.142. The van der Waals surface area contributed by atoms with Gasteiger partial charge in [0.15, 0.2) is 0 Å². The molecule has 0 radical (unpaired) electrons. The first-order chi connectivity index (χ1) is 10.1. The molecule has 128 valence electrons. The molecule has 1 heterocycles. The molecule has 6 heteroatoms. The molecule has 1 aliphatic heterocycles. The molecule has 1 saturated heterocycles. The number of hydrogen-bond donors (Lipinski definition) is 1. The molecule has 1 atom stereocenters. The number of amides is 1. The van der Waals surface area contributed by atoms with Crippen LogP contribution in [-0.2, 0) is 9.53 Å². The van der Waals surface area contributed by atoms with E-state index in [0.717, 1.165) is 19.3 Å². The standard InChI is InChI=1S/C16H30N2O4/c1-12(2)17(11-14(19)20)10-13-8-6-7-9-18(13)15(21)22-16(3,4)5/h12-13H,6-11H2,1-5H3,(H,19,20)/t13-/m1/s1. The lowest BCUT2D eigenvalue weighted by atomic mass is 10.0. The quantitative estimate of drug-likeness (QED) is 0.844. The Morgan fingerprint density at radius 2 is 1.95 bits per heavy atom. The van der Waals surface area contributed by atoms with Crippen molar-refractivity contribution in [2.45, 2.75) is 71.6 Å². The SMILES string of the molecule is CC(C)N(CC(=O)O)C[C@H]1CCCCN1C(=O)OC(C)(C)C. The van der Waals surface area contributed by atoms with Gasteiger partial charge in [0.1, 0.15) is 5.60 Å². The Bertz CT molecular complexity index is 390. The summed E-state index contributed by atoms with van der Waals surface area (Å²) in [5.74, 6) is -0.840. The molecular weight excluding hydrogens is 284 g/mol. The van der Waals surface area contributed by atoms with E-state index in [1.54, 1.807) is 4.90 Å². The third kappa shape index (κ3) is 6.22. The third-order valence-corrected chi connectivity index (χ3v) is 3.77. The van der Waals surface area contributed by atoms with Crippen molar-refractivity contribution < 1.29 is 19.4 Å². The van der Waals surface area contributed by atoms with Crippen LogP contribution in [0.5, 0.6) is 0 Å². The highest BCUT2D eigenvalue weighted by Gasteiger charge is 2.32. The van der Waals surface area contributed by atoms with Crippen molar-refractivity contribution in [3.05, 3.63) is 0 Å². The number of carboxylic acid groups (broad SMARTS) is 1. The summed E-state index contributed by atoms with van der Waals surface area (Å²) < 4.78 is 5.48. The lowest BCUT2D eigenvalue weighted by Crippen LogP contribution is -2.52. The fourth-order valence-corrected chi connectivity index (χ4v) is 2.65. The van der Waals surface area contributed by atoms with Crippen molar-refractivity contribution in [1.82, 2.24) is 9.80 Å². The molecule has 1 fully saturated rings. The number of hydrogen-bond acceptors (Lipinski definition) is 4. The van der Waals surface area contributed by atoms with Crippen molar-refractivity contribution in [3.8, 4) is 0 Å². The molecule has 0 aliphatic carbocycles. The monoisotopic (exact) mass is 314 g/mol. The van der Waals surface area contributed by atoms with Crippen LogP contribution < -0.4 is 0 Å². The number of likely N-dealkylation sites (tertiary alicyclic amines) is 1. The number of carboxylic acids is 1. The highest BCUT2D eigenvalue weighted by molar-refractivity contribution is 5.69. The summed E-state index contributed by atoms with van der Waals surface area (Å²) in [5, 5.41) is 9.04. The van der Waals surface area contributed by atoms with Gasteiger partial charge in [-0.1, -0.05) is 0 Å². The molecule has 1 rings (SSSR count). The second-order valence-electron chi connectivity index (χ2n) is 7.24. The predicted octanol–water partition coefficient (Wildman–Crippen LogP) is 2.57. The van der Waals surface area contributed by atoms with Gasteiger partial charge in [0, 0.05) is 25.2 Å². The molecular formula is C16H30N2O4. The van der Waals surface area contributed by atoms with Gasteiger partial charge in [-0.3, -0.25) is 9.69 Å². The Morgan fingerprint density at radius 1 is 1.32 bits per heavy atom. The average molecular weight is 314 g/mol. The highest BCUT2D eigenvalue weighted by Crippen LogP contribution is 2.21. The lowest BCUT2D eigenvalue weighted by molar-refractivity contribution is -0.139. The van der Waals surface area contributed by atoms with E-state index in [1.807, 2.05) is 39.5 Å². The highest BCUT2D eigenvalue weighted by atomic mass is 16.6. The van der Waals surface area contributed by atoms with E-state index in [2.05, 4.69) is 0 Å². The van der Waals surface area contributed by atoms with Crippen LogP contribution in [0.15, 0.2) is 0 Å². The van der Waals surface area contributed by atoms with Crippen LogP contribution in [-0.4, -0.2) is 64.3 Å². The van der Waals surface area contributed by atoms with Crippen LogP contribution in [0.4, 0.5) is 4.79 Å². The van der Waals surface area contributed by atoms with Gasteiger partial charge in [-0.15, -0.1) is 0 Å². The Kier molecular flexibility index (Phi) is 6.66. The Morgan fingerprint density at radius 3 is 2.45 bits per heavy atom. The number of rotatable bonds is 5. The predicted molar refractivity (Wildman–Crippen MR) is 84.9 cm³/mol. The Labute approximate surface area is 133 Å². The fraction of sp³-hybridized carbons (Fsp3) is 0.875. The normalized spacial score (nSPS) is 19.6. The van der Waals surface area contributed by atoms with Gasteiger partial charge < -0.3 is 14.7 Å². The zero-order chi connectivity index (χ0) is 16.9. The molecule has 1 N–H and O–H groups in total. The summed E-state index contributed by atoms with van der Waals surface area (Å²) in [4.78, 5) is 27.0. The zero-order valence-corrected chi connectivity index (χ0v) is 14.5. The number of piperidine rings is 1. The molecule has 0 aromatic carbocycles. The molecule has 0 aromatic heterocycles. The molecule has 0 saturated carbocycles. The Hall–Kier alpha value is -1.30. The minimum Gasteiger partial charge on any atom is -0.480 e. The van der Waals surface area contributed by atoms with E-state index in [9.17, 15) is 9.59 Å². The summed E-state index contributed by atoms with van der Waals surface area (Å²) in [6.07, 6.45) is 2.62. The first kappa shape index (κ1) is 18.7. The van der Waals surface area contributed by atoms with Crippen molar-refractivity contribution in [1.29, 1.82) is 0 Å². The van der Waals surface area contributed by atoms with Gasteiger partial charge in [0.25, 0.3) is 0 Å². The lowest BCUT2D eigenvalue weighted by Gasteiger charge is -2.39. The largest absolute Gasteiger partial charge is 0.480 e. The van der Waals surface area contributed by atoms with Gasteiger partial charge in [-0.25, -0.2) is 4.79 Å². The zero-order valence-electron chi connectivity index (χ0n) is 14.5. The van der Waals surface area contributed by atoms with Crippen LogP contribution in [0, 0.1) is 0 Å². The van der Waals surface area contributed by atoms with Crippen LogP contribution in [0.3, 0.4) is 0 Å². The van der Waals surface area contributed by atoms with Crippen LogP contribution in [0.1, 0.15) is 53.9 Å². The molecule has 1 aliphatic rings. The maximum absolute atomic E-state index is 12.4. The summed E-state index contributed by atoms with van der Waals surface area (Å²) in [6.45, 7) is 10.8. The van der Waals surface area contributed by atoms with Gasteiger partial charge >= 0.3 is 12.1 Å². The van der Waals surface area contributed by atoms with Gasteiger partial charge in [-0.05, 0) is 53.9 Å². The van der Waals surface area contributed by atoms with E-state index in [0.29, 0.717) is 13.1 Å². The van der Waals surface area contributed by atoms with Crippen molar-refractivity contribution in [2.75, 3.05) is 19.6 Å². The van der Waals surface area contributed by atoms with Gasteiger partial charge in [0.2, 0.25) is 0 Å². The van der Waals surface area contributed by atoms with E-state index in [1.165, 1.54) is 0 Å². The van der Waals surface area contributed by atoms with Crippen LogP contribution in [0.25, 0.3) is 0 Å². The van der Waals surface area contributed by atoms with Crippen LogP contribution >= 0.6 is 0 Å². The molecule has 0 spiro atoms. The van der Waals surface area contributed by atoms with E-state index in [-0.39, 0.29) is 24.7 Å². The minimum absolute atomic E-state index is 0.00365. The second kappa shape index (κ2) is 7.81. The van der Waals surface area contributed by atoms with E-state index >= 15 is 0 Å². The topological polar surface area (TPSA) is 70.1 Å². The maximum Gasteiger partial charge on any atom is 0.410 e. The Balaban J connectivity index is 2.75. The van der Waals surface area contributed by atoms with E-state index < -0.39 is 11.6 Å². The van der Waals surface area contributed by atoms with Crippen molar-refractivity contribution in [2.24, 2.45) is 0 Å². The number of carbonyl (C=O) groups excluding carboxylic acids is 1. The summed E-state index contributed by atoms with van der Waals surface area (Å²) >= 11 is 0. The number of ether oxygens (including phenoxy) is 1. The first-order valence-corrected chi connectivity index (χ1v) is 8.05. The van der Waals surface area contributed by atoms with Gasteiger partial charge in [-0.2, -0.15) is 0 Å². The molecule has 0 unspecified atom stereocenters.